The summed E-state index contributed by atoms with van der Waals surface area (Å²) in [4.78, 5) is 33.6. The van der Waals surface area contributed by atoms with Crippen LogP contribution in [0.1, 0.15) is 17.5 Å². The standard InChI is InChI=1S/C24H29N3O5/c1-30-21-4-2-18(3-5-21)12-26-13-22(32-16-19-6-9-25-10-7-19)14-27(15-23(26)28)24(29)20-8-11-31-17-20/h2-7,9-10,20,22H,8,11-17H2,1H3/t20-,22+/m0/s1. The van der Waals surface area contributed by atoms with Gasteiger partial charge in [0, 0.05) is 38.6 Å². The predicted octanol–water partition coefficient (Wildman–Crippen LogP) is 1.88. The molecule has 2 fully saturated rings. The summed E-state index contributed by atoms with van der Waals surface area (Å²) in [7, 11) is 1.62. The molecule has 0 bridgehead atoms. The molecule has 0 N–H and O–H groups in total. The number of benzene rings is 1. The van der Waals surface area contributed by atoms with Crippen molar-refractivity contribution in [1.82, 2.24) is 14.8 Å². The number of nitrogens with zero attached hydrogens (tertiary/aromatic N) is 3. The number of amides is 2. The molecule has 2 amide bonds. The summed E-state index contributed by atoms with van der Waals surface area (Å²) in [6, 6.07) is 11.5. The van der Waals surface area contributed by atoms with E-state index in [4.69, 9.17) is 14.2 Å². The van der Waals surface area contributed by atoms with E-state index >= 15 is 0 Å². The van der Waals surface area contributed by atoms with Crippen molar-refractivity contribution in [2.75, 3.05) is 40.0 Å². The van der Waals surface area contributed by atoms with Gasteiger partial charge in [0.2, 0.25) is 11.8 Å². The van der Waals surface area contributed by atoms with Crippen LogP contribution >= 0.6 is 0 Å². The van der Waals surface area contributed by atoms with Crippen molar-refractivity contribution in [3.8, 4) is 5.75 Å². The highest BCUT2D eigenvalue weighted by atomic mass is 16.5. The van der Waals surface area contributed by atoms with Crippen molar-refractivity contribution in [3.05, 3.63) is 59.9 Å². The monoisotopic (exact) mass is 439 g/mol. The molecule has 0 aliphatic carbocycles. The Balaban J connectivity index is 1.48. The number of carbonyl (C=O) groups excluding carboxylic acids is 2. The fourth-order valence-corrected chi connectivity index (χ4v) is 4.04. The lowest BCUT2D eigenvalue weighted by atomic mass is 10.1. The lowest BCUT2D eigenvalue weighted by Crippen LogP contribution is -2.43. The summed E-state index contributed by atoms with van der Waals surface area (Å²) in [5.41, 5.74) is 2.00. The number of rotatable bonds is 7. The Morgan fingerprint density at radius 2 is 1.91 bits per heavy atom. The number of pyridine rings is 1. The summed E-state index contributed by atoms with van der Waals surface area (Å²) >= 11 is 0. The lowest BCUT2D eigenvalue weighted by molar-refractivity contribution is -0.141. The molecule has 0 saturated carbocycles. The zero-order valence-electron chi connectivity index (χ0n) is 18.3. The number of methoxy groups -OCH3 is 1. The van der Waals surface area contributed by atoms with Crippen molar-refractivity contribution < 1.29 is 23.8 Å². The maximum atomic E-state index is 13.1. The SMILES string of the molecule is COc1ccc(CN2C[C@@H](OCc3ccncc3)CN(C(=O)[C@H]3CCOC3)CC2=O)cc1. The van der Waals surface area contributed by atoms with Crippen LogP contribution in [0.25, 0.3) is 0 Å². The first-order valence-electron chi connectivity index (χ1n) is 10.9. The molecule has 170 valence electrons. The fraction of sp³-hybridized carbons (Fsp3) is 0.458. The molecule has 0 unspecified atom stereocenters. The Morgan fingerprint density at radius 1 is 1.12 bits per heavy atom. The molecule has 0 radical (unpaired) electrons. The van der Waals surface area contributed by atoms with Gasteiger partial charge in [0.25, 0.3) is 0 Å². The van der Waals surface area contributed by atoms with E-state index in [1.807, 2.05) is 36.4 Å². The van der Waals surface area contributed by atoms with Crippen LogP contribution in [0.3, 0.4) is 0 Å². The quantitative estimate of drug-likeness (QED) is 0.655. The number of ether oxygens (including phenoxy) is 3. The minimum Gasteiger partial charge on any atom is -0.497 e. The van der Waals surface area contributed by atoms with Gasteiger partial charge in [0.1, 0.15) is 5.75 Å². The molecule has 8 nitrogen and oxygen atoms in total. The van der Waals surface area contributed by atoms with Crippen LogP contribution in [0.5, 0.6) is 5.75 Å². The number of hydrogen-bond acceptors (Lipinski definition) is 6. The molecule has 0 spiro atoms. The molecule has 4 rings (SSSR count). The van der Waals surface area contributed by atoms with Crippen molar-refractivity contribution >= 4 is 11.8 Å². The first-order chi connectivity index (χ1) is 15.6. The maximum absolute atomic E-state index is 13.1. The van der Waals surface area contributed by atoms with Crippen LogP contribution in [0.15, 0.2) is 48.8 Å². The molecule has 2 saturated heterocycles. The minimum atomic E-state index is -0.292. The first kappa shape index (κ1) is 22.2. The summed E-state index contributed by atoms with van der Waals surface area (Å²) in [5.74, 6) is 0.476. The third-order valence-electron chi connectivity index (χ3n) is 5.89. The van der Waals surface area contributed by atoms with E-state index in [9.17, 15) is 9.59 Å². The summed E-state index contributed by atoms with van der Waals surface area (Å²) in [6.45, 7) is 2.71. The summed E-state index contributed by atoms with van der Waals surface area (Å²) in [5, 5.41) is 0. The summed E-state index contributed by atoms with van der Waals surface area (Å²) in [6.07, 6.45) is 3.85. The largest absolute Gasteiger partial charge is 0.497 e. The second-order valence-corrected chi connectivity index (χ2v) is 8.19. The minimum absolute atomic E-state index is 0.0281. The van der Waals surface area contributed by atoms with E-state index in [1.165, 1.54) is 0 Å². The Bertz CT molecular complexity index is 900. The van der Waals surface area contributed by atoms with E-state index in [-0.39, 0.29) is 30.4 Å². The first-order valence-corrected chi connectivity index (χ1v) is 10.9. The van der Waals surface area contributed by atoms with Crippen molar-refractivity contribution in [1.29, 1.82) is 0 Å². The van der Waals surface area contributed by atoms with Gasteiger partial charge in [-0.1, -0.05) is 12.1 Å². The molecule has 2 aromatic rings. The molecule has 2 aliphatic heterocycles. The van der Waals surface area contributed by atoms with Crippen LogP contribution in [0.2, 0.25) is 0 Å². The van der Waals surface area contributed by atoms with Crippen molar-refractivity contribution in [3.63, 3.8) is 0 Å². The third-order valence-corrected chi connectivity index (χ3v) is 5.89. The molecule has 32 heavy (non-hydrogen) atoms. The van der Waals surface area contributed by atoms with Gasteiger partial charge < -0.3 is 24.0 Å². The molecule has 1 aromatic carbocycles. The van der Waals surface area contributed by atoms with Gasteiger partial charge in [0.15, 0.2) is 0 Å². The second-order valence-electron chi connectivity index (χ2n) is 8.19. The van der Waals surface area contributed by atoms with Gasteiger partial charge in [-0.3, -0.25) is 14.6 Å². The fourth-order valence-electron chi connectivity index (χ4n) is 4.04. The van der Waals surface area contributed by atoms with Gasteiger partial charge in [-0.2, -0.15) is 0 Å². The highest BCUT2D eigenvalue weighted by Crippen LogP contribution is 2.20. The average molecular weight is 440 g/mol. The summed E-state index contributed by atoms with van der Waals surface area (Å²) < 4.78 is 16.8. The highest BCUT2D eigenvalue weighted by Gasteiger charge is 2.35. The Labute approximate surface area is 188 Å². The molecule has 2 aliphatic rings. The van der Waals surface area contributed by atoms with Crippen LogP contribution in [0, 0.1) is 5.92 Å². The van der Waals surface area contributed by atoms with Gasteiger partial charge in [-0.25, -0.2) is 0 Å². The Kier molecular flexibility index (Phi) is 7.34. The third kappa shape index (κ3) is 5.63. The molecule has 8 heteroatoms. The Morgan fingerprint density at radius 3 is 2.59 bits per heavy atom. The maximum Gasteiger partial charge on any atom is 0.242 e. The van der Waals surface area contributed by atoms with Crippen LogP contribution in [-0.2, 0) is 32.2 Å². The second kappa shape index (κ2) is 10.6. The molecule has 2 atom stereocenters. The molecule has 3 heterocycles. The van der Waals surface area contributed by atoms with Crippen LogP contribution < -0.4 is 4.74 Å². The predicted molar refractivity (Wildman–Crippen MR) is 117 cm³/mol. The van der Waals surface area contributed by atoms with Gasteiger partial charge >= 0.3 is 0 Å². The zero-order valence-corrected chi connectivity index (χ0v) is 18.3. The normalized spacial score (nSPS) is 21.5. The van der Waals surface area contributed by atoms with Crippen molar-refractivity contribution in [2.24, 2.45) is 5.92 Å². The van der Waals surface area contributed by atoms with Crippen molar-refractivity contribution in [2.45, 2.75) is 25.7 Å². The van der Waals surface area contributed by atoms with Gasteiger partial charge in [-0.05, 0) is 41.8 Å². The Hall–Kier alpha value is -2.97. The van der Waals surface area contributed by atoms with Gasteiger partial charge in [0.05, 0.1) is 38.9 Å². The van der Waals surface area contributed by atoms with E-state index < -0.39 is 0 Å². The number of aromatic nitrogens is 1. The molecular formula is C24H29N3O5. The zero-order chi connectivity index (χ0) is 22.3. The smallest absolute Gasteiger partial charge is 0.242 e. The number of carbonyl (C=O) groups is 2. The van der Waals surface area contributed by atoms with Crippen LogP contribution in [-0.4, -0.2) is 72.7 Å². The van der Waals surface area contributed by atoms with E-state index in [1.54, 1.807) is 29.3 Å². The average Bonchev–Trinajstić information content (AvgIpc) is 3.32. The molecule has 1 aromatic heterocycles. The molecular weight excluding hydrogens is 410 g/mol. The topological polar surface area (TPSA) is 81.2 Å². The lowest BCUT2D eigenvalue weighted by Gasteiger charge is -2.26. The highest BCUT2D eigenvalue weighted by molar-refractivity contribution is 5.86. The van der Waals surface area contributed by atoms with E-state index in [0.29, 0.717) is 45.9 Å². The van der Waals surface area contributed by atoms with E-state index in [2.05, 4.69) is 4.98 Å². The van der Waals surface area contributed by atoms with E-state index in [0.717, 1.165) is 16.9 Å². The van der Waals surface area contributed by atoms with Crippen LogP contribution in [0.4, 0.5) is 0 Å². The van der Waals surface area contributed by atoms with Gasteiger partial charge in [-0.15, -0.1) is 0 Å². The number of hydrogen-bond donors (Lipinski definition) is 0.